The molecule has 4 N–H and O–H groups in total. The van der Waals surface area contributed by atoms with Crippen LogP contribution in [-0.2, 0) is 4.79 Å². The molecular formula is C14H13FN2O2. The molecule has 5 heteroatoms. The topological polar surface area (TPSA) is 75.4 Å². The van der Waals surface area contributed by atoms with E-state index in [9.17, 15) is 14.3 Å². The third-order valence-electron chi connectivity index (χ3n) is 2.67. The third-order valence-corrected chi connectivity index (χ3v) is 2.67. The minimum absolute atomic E-state index is 0.108. The molecule has 0 aliphatic rings. The summed E-state index contributed by atoms with van der Waals surface area (Å²) in [7, 11) is 0. The molecule has 2 rings (SSSR count). The smallest absolute Gasteiger partial charge is 0.244 e. The van der Waals surface area contributed by atoms with Gasteiger partial charge in [-0.2, -0.15) is 0 Å². The lowest BCUT2D eigenvalue weighted by atomic mass is 10.0. The molecular weight excluding hydrogens is 247 g/mol. The van der Waals surface area contributed by atoms with Crippen molar-refractivity contribution in [3.8, 4) is 5.75 Å². The minimum Gasteiger partial charge on any atom is -0.508 e. The van der Waals surface area contributed by atoms with Gasteiger partial charge in [0.05, 0.1) is 0 Å². The number of para-hydroxylation sites is 1. The number of hydrogen-bond acceptors (Lipinski definition) is 3. The van der Waals surface area contributed by atoms with Gasteiger partial charge in [0.2, 0.25) is 5.91 Å². The molecule has 1 amide bonds. The summed E-state index contributed by atoms with van der Waals surface area (Å²) >= 11 is 0. The highest BCUT2D eigenvalue weighted by Gasteiger charge is 2.21. The largest absolute Gasteiger partial charge is 0.508 e. The summed E-state index contributed by atoms with van der Waals surface area (Å²) < 4.78 is 13.2. The first-order valence-electron chi connectivity index (χ1n) is 5.67. The van der Waals surface area contributed by atoms with Crippen LogP contribution >= 0.6 is 0 Å². The average molecular weight is 260 g/mol. The van der Waals surface area contributed by atoms with Gasteiger partial charge in [-0.05, 0) is 30.3 Å². The molecule has 0 aliphatic heterocycles. The molecule has 1 atom stereocenters. The summed E-state index contributed by atoms with van der Waals surface area (Å²) in [5.74, 6) is -1.44. The Bertz CT molecular complexity index is 587. The highest BCUT2D eigenvalue weighted by Crippen LogP contribution is 2.27. The Morgan fingerprint density at radius 3 is 2.53 bits per heavy atom. The van der Waals surface area contributed by atoms with Crippen LogP contribution in [0.5, 0.6) is 5.75 Å². The quantitative estimate of drug-likeness (QED) is 0.788. The van der Waals surface area contributed by atoms with Crippen LogP contribution < -0.4 is 11.1 Å². The molecule has 0 aliphatic carbocycles. The molecule has 0 aromatic heterocycles. The van der Waals surface area contributed by atoms with Crippen molar-refractivity contribution in [2.75, 3.05) is 5.32 Å². The lowest BCUT2D eigenvalue weighted by Crippen LogP contribution is -2.27. The van der Waals surface area contributed by atoms with Crippen molar-refractivity contribution in [2.45, 2.75) is 6.04 Å². The number of rotatable bonds is 4. The summed E-state index contributed by atoms with van der Waals surface area (Å²) in [4.78, 5) is 11.5. The van der Waals surface area contributed by atoms with Crippen LogP contribution in [0.15, 0.2) is 48.5 Å². The molecule has 2 aromatic rings. The van der Waals surface area contributed by atoms with Crippen LogP contribution in [0.25, 0.3) is 0 Å². The maximum absolute atomic E-state index is 13.2. The number of amides is 1. The van der Waals surface area contributed by atoms with E-state index in [1.54, 1.807) is 24.3 Å². The Labute approximate surface area is 109 Å². The van der Waals surface area contributed by atoms with Crippen molar-refractivity contribution in [1.82, 2.24) is 0 Å². The van der Waals surface area contributed by atoms with E-state index in [0.29, 0.717) is 5.69 Å². The van der Waals surface area contributed by atoms with Crippen LogP contribution in [0.4, 0.5) is 10.1 Å². The maximum Gasteiger partial charge on any atom is 0.244 e. The Hall–Kier alpha value is -2.56. The summed E-state index contributed by atoms with van der Waals surface area (Å²) in [5.41, 5.74) is 6.06. The molecule has 2 aromatic carbocycles. The second kappa shape index (κ2) is 5.39. The molecule has 0 saturated heterocycles. The SMILES string of the molecule is NC(=O)C(Nc1ccccc1)c1cc(F)ccc1O. The Balaban J connectivity index is 2.35. The van der Waals surface area contributed by atoms with Crippen molar-refractivity contribution in [3.63, 3.8) is 0 Å². The highest BCUT2D eigenvalue weighted by atomic mass is 19.1. The molecule has 0 spiro atoms. The Morgan fingerprint density at radius 1 is 1.21 bits per heavy atom. The number of aromatic hydroxyl groups is 1. The summed E-state index contributed by atoms with van der Waals surface area (Å²) in [5, 5.41) is 12.6. The van der Waals surface area contributed by atoms with E-state index in [-0.39, 0.29) is 11.3 Å². The fraction of sp³-hybridized carbons (Fsp3) is 0.0714. The first-order valence-corrected chi connectivity index (χ1v) is 5.67. The van der Waals surface area contributed by atoms with E-state index in [0.717, 1.165) is 12.1 Å². The van der Waals surface area contributed by atoms with Crippen molar-refractivity contribution >= 4 is 11.6 Å². The number of carbonyl (C=O) groups excluding carboxylic acids is 1. The van der Waals surface area contributed by atoms with E-state index in [4.69, 9.17) is 5.73 Å². The lowest BCUT2D eigenvalue weighted by Gasteiger charge is -2.18. The molecule has 0 saturated carbocycles. The number of halogens is 1. The number of phenols is 1. The van der Waals surface area contributed by atoms with Crippen LogP contribution in [0, 0.1) is 5.82 Å². The number of nitrogens with two attached hydrogens (primary N) is 1. The van der Waals surface area contributed by atoms with E-state index in [1.807, 2.05) is 6.07 Å². The van der Waals surface area contributed by atoms with E-state index in [1.165, 1.54) is 6.07 Å². The molecule has 0 heterocycles. The molecule has 1 unspecified atom stereocenters. The van der Waals surface area contributed by atoms with Crippen LogP contribution in [0.1, 0.15) is 11.6 Å². The number of benzene rings is 2. The van der Waals surface area contributed by atoms with Crippen LogP contribution in [0.3, 0.4) is 0 Å². The number of carbonyl (C=O) groups is 1. The van der Waals surface area contributed by atoms with Gasteiger partial charge in [0, 0.05) is 11.3 Å². The number of anilines is 1. The highest BCUT2D eigenvalue weighted by molar-refractivity contribution is 5.85. The normalized spacial score (nSPS) is 11.8. The molecule has 4 nitrogen and oxygen atoms in total. The summed E-state index contributed by atoms with van der Waals surface area (Å²) in [6.45, 7) is 0. The van der Waals surface area contributed by atoms with E-state index in [2.05, 4.69) is 5.32 Å². The fourth-order valence-electron chi connectivity index (χ4n) is 1.76. The fourth-order valence-corrected chi connectivity index (χ4v) is 1.76. The van der Waals surface area contributed by atoms with Gasteiger partial charge in [0.25, 0.3) is 0 Å². The number of hydrogen-bond donors (Lipinski definition) is 3. The van der Waals surface area contributed by atoms with Crippen molar-refractivity contribution in [2.24, 2.45) is 5.73 Å². The second-order valence-corrected chi connectivity index (χ2v) is 4.05. The average Bonchev–Trinajstić information content (AvgIpc) is 2.40. The monoisotopic (exact) mass is 260 g/mol. The zero-order valence-electron chi connectivity index (χ0n) is 10.0. The van der Waals surface area contributed by atoms with Gasteiger partial charge >= 0.3 is 0 Å². The first-order chi connectivity index (χ1) is 9.08. The van der Waals surface area contributed by atoms with Crippen LogP contribution in [0.2, 0.25) is 0 Å². The van der Waals surface area contributed by atoms with Crippen molar-refractivity contribution in [1.29, 1.82) is 0 Å². The van der Waals surface area contributed by atoms with Gasteiger partial charge < -0.3 is 16.2 Å². The summed E-state index contributed by atoms with van der Waals surface area (Å²) in [6, 6.07) is 11.3. The van der Waals surface area contributed by atoms with Gasteiger partial charge in [-0.1, -0.05) is 18.2 Å². The van der Waals surface area contributed by atoms with E-state index < -0.39 is 17.8 Å². The van der Waals surface area contributed by atoms with Gasteiger partial charge in [0.1, 0.15) is 17.6 Å². The standard InChI is InChI=1S/C14H13FN2O2/c15-9-6-7-12(18)11(8-9)13(14(16)19)17-10-4-2-1-3-5-10/h1-8,13,17-18H,(H2,16,19). The molecule has 98 valence electrons. The molecule has 0 bridgehead atoms. The zero-order chi connectivity index (χ0) is 13.8. The van der Waals surface area contributed by atoms with Crippen molar-refractivity contribution < 1.29 is 14.3 Å². The minimum atomic E-state index is -1.00. The lowest BCUT2D eigenvalue weighted by molar-refractivity contribution is -0.118. The molecule has 0 fully saturated rings. The zero-order valence-corrected chi connectivity index (χ0v) is 10.0. The van der Waals surface area contributed by atoms with Gasteiger partial charge in [0.15, 0.2) is 0 Å². The number of phenolic OH excluding ortho intramolecular Hbond substituents is 1. The van der Waals surface area contributed by atoms with Crippen LogP contribution in [-0.4, -0.2) is 11.0 Å². The summed E-state index contributed by atoms with van der Waals surface area (Å²) in [6.07, 6.45) is 0. The molecule has 0 radical (unpaired) electrons. The predicted molar refractivity (Wildman–Crippen MR) is 70.1 cm³/mol. The Morgan fingerprint density at radius 2 is 1.89 bits per heavy atom. The molecule has 19 heavy (non-hydrogen) atoms. The second-order valence-electron chi connectivity index (χ2n) is 4.05. The van der Waals surface area contributed by atoms with Gasteiger partial charge in [-0.25, -0.2) is 4.39 Å². The number of nitrogens with one attached hydrogen (secondary N) is 1. The maximum atomic E-state index is 13.2. The van der Waals surface area contributed by atoms with Gasteiger partial charge in [-0.3, -0.25) is 4.79 Å². The Kier molecular flexibility index (Phi) is 3.66. The first kappa shape index (κ1) is 12.9. The van der Waals surface area contributed by atoms with Gasteiger partial charge in [-0.15, -0.1) is 0 Å². The third kappa shape index (κ3) is 3.01. The van der Waals surface area contributed by atoms with Crippen molar-refractivity contribution in [3.05, 3.63) is 59.9 Å². The van der Waals surface area contributed by atoms with E-state index >= 15 is 0 Å². The predicted octanol–water partition coefficient (Wildman–Crippen LogP) is 2.17. The number of primary amides is 1.